The third-order valence-electron chi connectivity index (χ3n) is 5.35. The number of amides is 3. The second-order valence-corrected chi connectivity index (χ2v) is 11.0. The number of carbonyl (C=O) groups is 3. The normalized spacial score (nSPS) is 12.9. The molecule has 0 radical (unpaired) electrons. The molecule has 202 valence electrons. The maximum atomic E-state index is 14.2. The summed E-state index contributed by atoms with van der Waals surface area (Å²) in [4.78, 5) is 42.1. The summed E-state index contributed by atoms with van der Waals surface area (Å²) >= 11 is 0. The summed E-state index contributed by atoms with van der Waals surface area (Å²) in [5.41, 5.74) is 0.499. The summed E-state index contributed by atoms with van der Waals surface area (Å²) in [5.74, 6) is 1.75. The Morgan fingerprint density at radius 1 is 1.03 bits per heavy atom. The number of hydrogen-bond donors (Lipinski definition) is 2. The number of carbonyl (C=O) groups excluding carboxylic acids is 3. The fraction of sp³-hybridized carbons (Fsp3) is 0.387. The highest BCUT2D eigenvalue weighted by atomic mass is 16.6. The lowest BCUT2D eigenvalue weighted by Gasteiger charge is -2.36. The number of terminal acetylenes is 1. The van der Waals surface area contributed by atoms with E-state index in [0.717, 1.165) is 5.56 Å². The van der Waals surface area contributed by atoms with Crippen molar-refractivity contribution in [3.8, 4) is 12.3 Å². The molecular formula is C31H39N3O4. The summed E-state index contributed by atoms with van der Waals surface area (Å²) in [6, 6.07) is 14.2. The number of nitrogens with one attached hydrogen (secondary N) is 2. The smallest absolute Gasteiger partial charge is 0.408 e. The Balaban J connectivity index is 2.60. The van der Waals surface area contributed by atoms with Crippen molar-refractivity contribution in [1.82, 2.24) is 15.5 Å². The van der Waals surface area contributed by atoms with Crippen LogP contribution in [0.15, 0.2) is 67.3 Å². The first-order valence-corrected chi connectivity index (χ1v) is 12.6. The van der Waals surface area contributed by atoms with Crippen molar-refractivity contribution in [2.24, 2.45) is 0 Å². The fourth-order valence-electron chi connectivity index (χ4n) is 3.92. The number of ether oxygens (including phenoxy) is 1. The molecule has 0 aromatic heterocycles. The summed E-state index contributed by atoms with van der Waals surface area (Å²) < 4.78 is 5.44. The minimum Gasteiger partial charge on any atom is -0.444 e. The molecule has 7 heteroatoms. The van der Waals surface area contributed by atoms with Gasteiger partial charge in [0.15, 0.2) is 0 Å². The molecule has 0 aliphatic carbocycles. The van der Waals surface area contributed by atoms with E-state index in [2.05, 4.69) is 23.1 Å². The van der Waals surface area contributed by atoms with Gasteiger partial charge in [0.2, 0.25) is 11.8 Å². The van der Waals surface area contributed by atoms with Crippen molar-refractivity contribution in [3.05, 3.63) is 83.9 Å². The number of alkyl carbamates (subject to hydrolysis) is 1. The molecule has 0 fully saturated rings. The molecule has 2 atom stereocenters. The van der Waals surface area contributed by atoms with E-state index >= 15 is 0 Å². The van der Waals surface area contributed by atoms with E-state index in [-0.39, 0.29) is 13.0 Å². The van der Waals surface area contributed by atoms with Crippen LogP contribution in [0.5, 0.6) is 0 Å². The third kappa shape index (κ3) is 9.11. The minimum absolute atomic E-state index is 0.0429. The number of hydrogen-bond acceptors (Lipinski definition) is 4. The Morgan fingerprint density at radius 2 is 1.63 bits per heavy atom. The Hall–Kier alpha value is -4.05. The Morgan fingerprint density at radius 3 is 2.18 bits per heavy atom. The van der Waals surface area contributed by atoms with Gasteiger partial charge in [-0.2, -0.15) is 0 Å². The van der Waals surface area contributed by atoms with Crippen molar-refractivity contribution >= 4 is 17.9 Å². The highest BCUT2D eigenvalue weighted by molar-refractivity contribution is 5.93. The quantitative estimate of drug-likeness (QED) is 0.370. The monoisotopic (exact) mass is 517 g/mol. The molecule has 0 aliphatic heterocycles. The van der Waals surface area contributed by atoms with Crippen molar-refractivity contribution in [1.29, 1.82) is 0 Å². The van der Waals surface area contributed by atoms with Gasteiger partial charge in [-0.05, 0) is 58.7 Å². The molecule has 2 aromatic rings. The van der Waals surface area contributed by atoms with Gasteiger partial charge < -0.3 is 20.3 Å². The van der Waals surface area contributed by atoms with Crippen LogP contribution >= 0.6 is 0 Å². The summed E-state index contributed by atoms with van der Waals surface area (Å²) in [6.07, 6.45) is 6.78. The maximum absolute atomic E-state index is 14.2. The van der Waals surface area contributed by atoms with E-state index in [1.165, 1.54) is 4.90 Å². The molecule has 0 saturated carbocycles. The number of benzene rings is 2. The Bertz CT molecular complexity index is 1170. The zero-order valence-corrected chi connectivity index (χ0v) is 23.2. The van der Waals surface area contributed by atoms with E-state index in [4.69, 9.17) is 11.2 Å². The molecule has 2 unspecified atom stereocenters. The van der Waals surface area contributed by atoms with Crippen LogP contribution in [0.25, 0.3) is 0 Å². The predicted octanol–water partition coefficient (Wildman–Crippen LogP) is 4.77. The van der Waals surface area contributed by atoms with Crippen LogP contribution in [0.2, 0.25) is 0 Å². The van der Waals surface area contributed by atoms with Gasteiger partial charge in [0, 0.05) is 24.1 Å². The summed E-state index contributed by atoms with van der Waals surface area (Å²) in [5, 5.41) is 5.70. The van der Waals surface area contributed by atoms with Gasteiger partial charge in [0.1, 0.15) is 17.7 Å². The second-order valence-electron chi connectivity index (χ2n) is 11.0. The molecule has 38 heavy (non-hydrogen) atoms. The van der Waals surface area contributed by atoms with Crippen molar-refractivity contribution in [2.45, 2.75) is 71.2 Å². The zero-order chi connectivity index (χ0) is 28.5. The zero-order valence-electron chi connectivity index (χ0n) is 23.2. The fourth-order valence-corrected chi connectivity index (χ4v) is 3.92. The average molecular weight is 518 g/mol. The van der Waals surface area contributed by atoms with E-state index in [9.17, 15) is 14.4 Å². The molecular weight excluding hydrogens is 478 g/mol. The van der Waals surface area contributed by atoms with E-state index < -0.39 is 41.1 Å². The molecule has 0 spiro atoms. The average Bonchev–Trinajstić information content (AvgIpc) is 2.81. The van der Waals surface area contributed by atoms with Gasteiger partial charge in [-0.3, -0.25) is 9.59 Å². The number of nitrogens with zero attached hydrogens (tertiary/aromatic N) is 1. The molecule has 0 saturated heterocycles. The molecule has 2 rings (SSSR count). The van der Waals surface area contributed by atoms with Gasteiger partial charge in [0.05, 0.1) is 0 Å². The van der Waals surface area contributed by atoms with E-state index in [1.54, 1.807) is 51.1 Å². The SMILES string of the molecule is C#Cc1ccccc1C(C(=O)NC(C)(C)C)N(CC=C)C(=O)C(Cc1ccccc1)NC(=O)OC(C)(C)C. The molecule has 0 heterocycles. The summed E-state index contributed by atoms with van der Waals surface area (Å²) in [7, 11) is 0. The lowest BCUT2D eigenvalue weighted by molar-refractivity contribution is -0.142. The standard InChI is InChI=1S/C31H39N3O4/c1-9-20-34(26(27(35)33-30(3,4)5)24-19-15-14-18-23(24)10-2)28(36)25(21-22-16-12-11-13-17-22)32-29(37)38-31(6,7)8/h2,9,11-19,25-26H,1,20-21H2,3-8H3,(H,32,37)(H,33,35). The van der Waals surface area contributed by atoms with E-state index in [0.29, 0.717) is 11.1 Å². The first-order chi connectivity index (χ1) is 17.8. The van der Waals surface area contributed by atoms with Crippen molar-refractivity contribution in [3.63, 3.8) is 0 Å². The minimum atomic E-state index is -1.06. The lowest BCUT2D eigenvalue weighted by Crippen LogP contribution is -2.55. The first-order valence-electron chi connectivity index (χ1n) is 12.6. The van der Waals surface area contributed by atoms with Crippen molar-refractivity contribution < 1.29 is 19.1 Å². The number of rotatable bonds is 9. The van der Waals surface area contributed by atoms with Crippen LogP contribution in [-0.2, 0) is 20.7 Å². The first kappa shape index (κ1) is 30.2. The van der Waals surface area contributed by atoms with Crippen LogP contribution in [0.3, 0.4) is 0 Å². The second kappa shape index (κ2) is 13.0. The molecule has 2 aromatic carbocycles. The topological polar surface area (TPSA) is 87.7 Å². The van der Waals surface area contributed by atoms with Crippen LogP contribution in [0.4, 0.5) is 4.79 Å². The largest absolute Gasteiger partial charge is 0.444 e. The van der Waals surface area contributed by atoms with E-state index in [1.807, 2.05) is 51.1 Å². The van der Waals surface area contributed by atoms with Gasteiger partial charge in [0.25, 0.3) is 0 Å². The van der Waals surface area contributed by atoms with Gasteiger partial charge in [-0.15, -0.1) is 13.0 Å². The molecule has 2 N–H and O–H groups in total. The van der Waals surface area contributed by atoms with Crippen LogP contribution in [0, 0.1) is 12.3 Å². The van der Waals surface area contributed by atoms with Crippen LogP contribution < -0.4 is 10.6 Å². The van der Waals surface area contributed by atoms with Crippen LogP contribution in [0.1, 0.15) is 64.3 Å². The van der Waals surface area contributed by atoms with Gasteiger partial charge >= 0.3 is 6.09 Å². The predicted molar refractivity (Wildman–Crippen MR) is 150 cm³/mol. The maximum Gasteiger partial charge on any atom is 0.408 e. The summed E-state index contributed by atoms with van der Waals surface area (Å²) in [6.45, 7) is 14.7. The van der Waals surface area contributed by atoms with Crippen molar-refractivity contribution in [2.75, 3.05) is 6.54 Å². The molecule has 3 amide bonds. The van der Waals surface area contributed by atoms with Crippen LogP contribution in [-0.4, -0.2) is 46.5 Å². The highest BCUT2D eigenvalue weighted by Crippen LogP contribution is 2.27. The lowest BCUT2D eigenvalue weighted by atomic mass is 9.95. The third-order valence-corrected chi connectivity index (χ3v) is 5.35. The highest BCUT2D eigenvalue weighted by Gasteiger charge is 2.37. The van der Waals surface area contributed by atoms with Gasteiger partial charge in [-0.25, -0.2) is 4.79 Å². The molecule has 0 aliphatic rings. The molecule has 0 bridgehead atoms. The Labute approximate surface area is 226 Å². The van der Waals surface area contributed by atoms with Gasteiger partial charge in [-0.1, -0.05) is 60.5 Å². The Kier molecular flexibility index (Phi) is 10.3. The molecule has 7 nitrogen and oxygen atoms in total.